The molecule has 3 heteroatoms. The molecule has 0 bridgehead atoms. The van der Waals surface area contributed by atoms with Crippen LogP contribution < -0.4 is 0 Å². The lowest BCUT2D eigenvalue weighted by Crippen LogP contribution is -2.16. The molecule has 0 aromatic rings. The van der Waals surface area contributed by atoms with Crippen molar-refractivity contribution in [3.05, 3.63) is 36.5 Å². The van der Waals surface area contributed by atoms with Crippen molar-refractivity contribution in [3.8, 4) is 0 Å². The van der Waals surface area contributed by atoms with Crippen LogP contribution in [0.2, 0.25) is 0 Å². The second-order valence-corrected chi connectivity index (χ2v) is 7.01. The minimum Gasteiger partial charge on any atom is -0.465 e. The number of esters is 1. The molecule has 0 fully saturated rings. The van der Waals surface area contributed by atoms with Crippen LogP contribution in [-0.2, 0) is 9.53 Å². The average molecular weight is 432 g/mol. The maximum Gasteiger partial charge on any atom is 0.318 e. The van der Waals surface area contributed by atoms with E-state index in [1.54, 1.807) is 0 Å². The summed E-state index contributed by atoms with van der Waals surface area (Å²) >= 11 is 2.19. The zero-order chi connectivity index (χ0) is 17.2. The van der Waals surface area contributed by atoms with E-state index in [4.69, 9.17) is 4.74 Å². The lowest BCUT2D eigenvalue weighted by molar-refractivity contribution is -0.142. The van der Waals surface area contributed by atoms with Gasteiger partial charge in [-0.25, -0.2) is 0 Å². The van der Waals surface area contributed by atoms with Crippen LogP contribution in [-0.4, -0.2) is 16.5 Å². The number of hydrogen-bond acceptors (Lipinski definition) is 2. The molecular weight excluding hydrogens is 399 g/mol. The van der Waals surface area contributed by atoms with E-state index in [9.17, 15) is 4.79 Å². The summed E-state index contributed by atoms with van der Waals surface area (Å²) in [7, 11) is 0. The Morgan fingerprint density at radius 2 is 1.52 bits per heavy atom. The molecule has 0 aliphatic carbocycles. The molecule has 0 aromatic heterocycles. The molecule has 0 heterocycles. The monoisotopic (exact) mass is 432 g/mol. The fraction of sp³-hybridized carbons (Fsp3) is 0.650. The third-order valence-corrected chi connectivity index (χ3v) is 4.53. The Bertz CT molecular complexity index is 359. The molecule has 0 amide bonds. The van der Waals surface area contributed by atoms with Gasteiger partial charge in [0.05, 0.1) is 6.61 Å². The van der Waals surface area contributed by atoms with Gasteiger partial charge < -0.3 is 4.74 Å². The SMILES string of the molecule is CC/C=C\C/C=C\C/C=C\CCCCCCC(I)C(=O)OCC. The van der Waals surface area contributed by atoms with Crippen molar-refractivity contribution >= 4 is 28.6 Å². The van der Waals surface area contributed by atoms with E-state index in [1.165, 1.54) is 19.3 Å². The normalized spacial score (nSPS) is 13.3. The molecule has 0 saturated carbocycles. The lowest BCUT2D eigenvalue weighted by Gasteiger charge is -2.08. The molecule has 0 radical (unpaired) electrons. The van der Waals surface area contributed by atoms with Gasteiger partial charge in [0.25, 0.3) is 0 Å². The largest absolute Gasteiger partial charge is 0.465 e. The number of alkyl halides is 1. The Morgan fingerprint density at radius 1 is 0.913 bits per heavy atom. The molecule has 2 nitrogen and oxygen atoms in total. The number of carbonyl (C=O) groups excluding carboxylic acids is 1. The number of ether oxygens (including phenoxy) is 1. The lowest BCUT2D eigenvalue weighted by atomic mass is 10.1. The Kier molecular flexibility index (Phi) is 17.3. The van der Waals surface area contributed by atoms with E-state index in [1.807, 2.05) is 6.92 Å². The fourth-order valence-corrected chi connectivity index (χ4v) is 2.74. The Hall–Kier alpha value is -0.580. The van der Waals surface area contributed by atoms with Crippen LogP contribution in [0.4, 0.5) is 0 Å². The summed E-state index contributed by atoms with van der Waals surface area (Å²) in [6.07, 6.45) is 23.5. The second kappa shape index (κ2) is 17.8. The molecule has 1 atom stereocenters. The molecule has 0 aliphatic rings. The Labute approximate surface area is 156 Å². The maximum atomic E-state index is 11.5. The van der Waals surface area contributed by atoms with E-state index in [0.29, 0.717) is 6.61 Å². The van der Waals surface area contributed by atoms with E-state index in [2.05, 4.69) is 66.0 Å². The first-order valence-electron chi connectivity index (χ1n) is 8.98. The van der Waals surface area contributed by atoms with Crippen LogP contribution in [0.25, 0.3) is 0 Å². The van der Waals surface area contributed by atoms with Gasteiger partial charge in [0.2, 0.25) is 0 Å². The third-order valence-electron chi connectivity index (χ3n) is 3.40. The summed E-state index contributed by atoms with van der Waals surface area (Å²) in [5, 5.41) is 0. The minimum absolute atomic E-state index is 0.0198. The molecule has 0 spiro atoms. The minimum atomic E-state index is -0.0609. The van der Waals surface area contributed by atoms with Crippen molar-refractivity contribution in [2.45, 2.75) is 75.6 Å². The van der Waals surface area contributed by atoms with Crippen molar-refractivity contribution in [3.63, 3.8) is 0 Å². The van der Waals surface area contributed by atoms with Gasteiger partial charge in [0.15, 0.2) is 0 Å². The summed E-state index contributed by atoms with van der Waals surface area (Å²) in [5.74, 6) is -0.0609. The van der Waals surface area contributed by atoms with Gasteiger partial charge in [0, 0.05) is 0 Å². The first-order chi connectivity index (χ1) is 11.2. The molecular formula is C20H33IO2. The molecule has 132 valence electrons. The highest BCUT2D eigenvalue weighted by molar-refractivity contribution is 14.1. The van der Waals surface area contributed by atoms with Gasteiger partial charge >= 0.3 is 5.97 Å². The highest BCUT2D eigenvalue weighted by atomic mass is 127. The van der Waals surface area contributed by atoms with E-state index < -0.39 is 0 Å². The Balaban J connectivity index is 3.40. The molecule has 0 rings (SSSR count). The van der Waals surface area contributed by atoms with Gasteiger partial charge in [-0.3, -0.25) is 4.79 Å². The van der Waals surface area contributed by atoms with Gasteiger partial charge in [-0.05, 0) is 45.4 Å². The average Bonchev–Trinajstić information content (AvgIpc) is 2.55. The smallest absolute Gasteiger partial charge is 0.318 e. The topological polar surface area (TPSA) is 26.3 Å². The highest BCUT2D eigenvalue weighted by Gasteiger charge is 2.14. The van der Waals surface area contributed by atoms with Crippen molar-refractivity contribution in [1.29, 1.82) is 0 Å². The standard InChI is InChI=1S/C20H33IO2/c1-3-5-6-7-8-9-10-11-12-13-14-15-16-17-18-19(21)20(22)23-4-2/h5-6,8-9,11-12,19H,3-4,7,10,13-18H2,1-2H3/b6-5-,9-8-,12-11-. The van der Waals surface area contributed by atoms with Crippen LogP contribution >= 0.6 is 22.6 Å². The van der Waals surface area contributed by atoms with Crippen molar-refractivity contribution < 1.29 is 9.53 Å². The third kappa shape index (κ3) is 16.1. The summed E-state index contributed by atoms with van der Waals surface area (Å²) in [4.78, 5) is 11.5. The van der Waals surface area contributed by atoms with E-state index >= 15 is 0 Å². The quantitative estimate of drug-likeness (QED) is 0.102. The predicted octanol–water partition coefficient (Wildman–Crippen LogP) is 6.55. The zero-order valence-electron chi connectivity index (χ0n) is 14.8. The van der Waals surface area contributed by atoms with Crippen LogP contribution in [0.1, 0.15) is 71.6 Å². The maximum absolute atomic E-state index is 11.5. The molecule has 0 saturated heterocycles. The fourth-order valence-electron chi connectivity index (χ4n) is 2.12. The number of unbranched alkanes of at least 4 members (excludes halogenated alkanes) is 4. The Morgan fingerprint density at radius 3 is 2.17 bits per heavy atom. The van der Waals surface area contributed by atoms with Gasteiger partial charge in [0.1, 0.15) is 3.92 Å². The summed E-state index contributed by atoms with van der Waals surface area (Å²) < 4.78 is 5.03. The number of hydrogen-bond donors (Lipinski definition) is 0. The first-order valence-corrected chi connectivity index (χ1v) is 10.2. The van der Waals surface area contributed by atoms with Crippen molar-refractivity contribution in [2.24, 2.45) is 0 Å². The van der Waals surface area contributed by atoms with Gasteiger partial charge in [-0.2, -0.15) is 0 Å². The van der Waals surface area contributed by atoms with Crippen LogP contribution in [0.5, 0.6) is 0 Å². The van der Waals surface area contributed by atoms with E-state index in [0.717, 1.165) is 38.5 Å². The summed E-state index contributed by atoms with van der Waals surface area (Å²) in [5.41, 5.74) is 0. The molecule has 0 N–H and O–H groups in total. The van der Waals surface area contributed by atoms with Gasteiger partial charge in [-0.1, -0.05) is 85.2 Å². The predicted molar refractivity (Wildman–Crippen MR) is 109 cm³/mol. The first kappa shape index (κ1) is 22.4. The zero-order valence-corrected chi connectivity index (χ0v) is 17.0. The van der Waals surface area contributed by atoms with Crippen LogP contribution in [0, 0.1) is 0 Å². The molecule has 0 aliphatic heterocycles. The number of rotatable bonds is 14. The van der Waals surface area contributed by atoms with Crippen molar-refractivity contribution in [1.82, 2.24) is 0 Å². The summed E-state index contributed by atoms with van der Waals surface area (Å²) in [6.45, 7) is 4.49. The molecule has 0 aromatic carbocycles. The highest BCUT2D eigenvalue weighted by Crippen LogP contribution is 2.14. The second-order valence-electron chi connectivity index (χ2n) is 5.51. The van der Waals surface area contributed by atoms with E-state index in [-0.39, 0.29) is 9.89 Å². The van der Waals surface area contributed by atoms with Crippen molar-refractivity contribution in [2.75, 3.05) is 6.61 Å². The van der Waals surface area contributed by atoms with Crippen LogP contribution in [0.15, 0.2) is 36.5 Å². The number of allylic oxidation sites excluding steroid dienone is 6. The van der Waals surface area contributed by atoms with Gasteiger partial charge in [-0.15, -0.1) is 0 Å². The number of halogens is 1. The van der Waals surface area contributed by atoms with Crippen LogP contribution in [0.3, 0.4) is 0 Å². The molecule has 1 unspecified atom stereocenters. The number of carbonyl (C=O) groups is 1. The summed E-state index contributed by atoms with van der Waals surface area (Å²) in [6, 6.07) is 0. The molecule has 23 heavy (non-hydrogen) atoms.